The largest absolute Gasteiger partial charge is 3.00 e. The van der Waals surface area contributed by atoms with Gasteiger partial charge in [-0.15, -0.1) is 0 Å². The van der Waals surface area contributed by atoms with E-state index in [9.17, 15) is 0 Å². The van der Waals surface area contributed by atoms with Crippen molar-refractivity contribution in [3.05, 3.63) is 0 Å². The molecule has 4 nitrogen and oxygen atoms in total. The molecular weight excluding hydrogens is 309 g/mol. The van der Waals surface area contributed by atoms with Gasteiger partial charge in [-0.2, -0.15) is 0 Å². The third-order valence-corrected chi connectivity index (χ3v) is 1.91. The molecule has 1 aliphatic rings. The van der Waals surface area contributed by atoms with E-state index in [1.54, 1.807) is 0 Å². The number of hydrogen-bond donors (Lipinski definition) is 4. The molecular formula is C8H20GdN4+3. The summed E-state index contributed by atoms with van der Waals surface area (Å²) in [6, 6.07) is 0. The zero-order valence-electron chi connectivity index (χ0n) is 8.01. The average molecular weight is 330 g/mol. The van der Waals surface area contributed by atoms with Crippen LogP contribution in [0.2, 0.25) is 0 Å². The Hall–Kier alpha value is 1.16. The van der Waals surface area contributed by atoms with E-state index in [0.29, 0.717) is 0 Å². The molecule has 13 heavy (non-hydrogen) atoms. The summed E-state index contributed by atoms with van der Waals surface area (Å²) in [6.45, 7) is 8.57. The molecule has 0 spiro atoms. The summed E-state index contributed by atoms with van der Waals surface area (Å²) in [5.74, 6) is 0. The number of hydrogen-bond acceptors (Lipinski definition) is 4. The van der Waals surface area contributed by atoms with Crippen molar-refractivity contribution in [2.24, 2.45) is 0 Å². The zero-order valence-corrected chi connectivity index (χ0v) is 10.3. The summed E-state index contributed by atoms with van der Waals surface area (Å²) >= 11 is 0. The monoisotopic (exact) mass is 330 g/mol. The molecule has 1 radical (unpaired) electrons. The molecule has 0 aromatic rings. The van der Waals surface area contributed by atoms with Crippen LogP contribution in [-0.4, -0.2) is 52.4 Å². The van der Waals surface area contributed by atoms with Gasteiger partial charge in [0.1, 0.15) is 0 Å². The first-order valence-corrected chi connectivity index (χ1v) is 4.83. The molecule has 77 valence electrons. The van der Waals surface area contributed by atoms with Gasteiger partial charge in [-0.25, -0.2) is 0 Å². The maximum Gasteiger partial charge on any atom is 3.00 e. The van der Waals surface area contributed by atoms with Gasteiger partial charge in [0.05, 0.1) is 0 Å². The average Bonchev–Trinajstić information content (AvgIpc) is 2.05. The Morgan fingerprint density at radius 1 is 0.385 bits per heavy atom. The Morgan fingerprint density at radius 2 is 0.538 bits per heavy atom. The van der Waals surface area contributed by atoms with Crippen molar-refractivity contribution in [2.45, 2.75) is 0 Å². The Labute approximate surface area is 113 Å². The minimum absolute atomic E-state index is 0. The topological polar surface area (TPSA) is 48.1 Å². The SMILES string of the molecule is C1CNCCNCCNCCN1.[Gd+3]. The molecule has 0 amide bonds. The fourth-order valence-electron chi connectivity index (χ4n) is 1.21. The zero-order chi connectivity index (χ0) is 8.49. The maximum absolute atomic E-state index is 3.36. The summed E-state index contributed by atoms with van der Waals surface area (Å²) < 4.78 is 0. The Kier molecular flexibility index (Phi) is 12.2. The van der Waals surface area contributed by atoms with Crippen LogP contribution >= 0.6 is 0 Å². The quantitative estimate of drug-likeness (QED) is 0.431. The molecule has 0 aliphatic carbocycles. The van der Waals surface area contributed by atoms with E-state index in [2.05, 4.69) is 21.3 Å². The fraction of sp³-hybridized carbons (Fsp3) is 1.00. The first-order valence-electron chi connectivity index (χ1n) is 4.83. The third-order valence-electron chi connectivity index (χ3n) is 1.91. The summed E-state index contributed by atoms with van der Waals surface area (Å²) in [5, 5.41) is 13.4. The summed E-state index contributed by atoms with van der Waals surface area (Å²) in [7, 11) is 0. The standard InChI is InChI=1S/C8H20N4.Gd/c1-2-10-5-6-12-8-7-11-4-3-9-1;/h9-12H,1-8H2;/q;+3. The van der Waals surface area contributed by atoms with Gasteiger partial charge in [0.15, 0.2) is 0 Å². The molecule has 0 atom stereocenters. The van der Waals surface area contributed by atoms with Crippen molar-refractivity contribution in [1.82, 2.24) is 21.3 Å². The second-order valence-electron chi connectivity index (χ2n) is 3.00. The second kappa shape index (κ2) is 11.2. The van der Waals surface area contributed by atoms with Gasteiger partial charge >= 0.3 is 39.9 Å². The van der Waals surface area contributed by atoms with Crippen molar-refractivity contribution in [1.29, 1.82) is 0 Å². The molecule has 0 saturated carbocycles. The van der Waals surface area contributed by atoms with E-state index in [4.69, 9.17) is 0 Å². The van der Waals surface area contributed by atoms with E-state index in [-0.39, 0.29) is 39.9 Å². The van der Waals surface area contributed by atoms with Crippen LogP contribution in [0.25, 0.3) is 0 Å². The molecule has 1 fully saturated rings. The molecule has 5 heteroatoms. The number of rotatable bonds is 0. The minimum Gasteiger partial charge on any atom is -0.314 e. The summed E-state index contributed by atoms with van der Waals surface area (Å²) in [6.07, 6.45) is 0. The predicted octanol–water partition coefficient (Wildman–Crippen LogP) is -1.64. The molecule has 0 unspecified atom stereocenters. The smallest absolute Gasteiger partial charge is 0.314 e. The molecule has 0 aromatic heterocycles. The van der Waals surface area contributed by atoms with Gasteiger partial charge < -0.3 is 21.3 Å². The van der Waals surface area contributed by atoms with E-state index < -0.39 is 0 Å². The van der Waals surface area contributed by atoms with Crippen molar-refractivity contribution in [3.8, 4) is 0 Å². The van der Waals surface area contributed by atoms with Gasteiger partial charge in [0, 0.05) is 52.4 Å². The van der Waals surface area contributed by atoms with Crippen LogP contribution in [-0.2, 0) is 0 Å². The first kappa shape index (κ1) is 14.2. The van der Waals surface area contributed by atoms with Crippen LogP contribution in [0.1, 0.15) is 0 Å². The Balaban J connectivity index is 0.00000144. The van der Waals surface area contributed by atoms with Gasteiger partial charge in [-0.05, 0) is 0 Å². The summed E-state index contributed by atoms with van der Waals surface area (Å²) in [5.41, 5.74) is 0. The molecule has 1 saturated heterocycles. The van der Waals surface area contributed by atoms with E-state index >= 15 is 0 Å². The van der Waals surface area contributed by atoms with Crippen molar-refractivity contribution >= 4 is 0 Å². The molecule has 0 bridgehead atoms. The molecule has 1 rings (SSSR count). The Morgan fingerprint density at radius 3 is 0.692 bits per heavy atom. The first-order chi connectivity index (χ1) is 6.00. The van der Waals surface area contributed by atoms with Gasteiger partial charge in [-0.3, -0.25) is 0 Å². The van der Waals surface area contributed by atoms with E-state index in [0.717, 1.165) is 52.4 Å². The molecule has 1 aliphatic heterocycles. The van der Waals surface area contributed by atoms with Crippen molar-refractivity contribution in [2.75, 3.05) is 52.4 Å². The minimum atomic E-state index is 0. The van der Waals surface area contributed by atoms with Crippen molar-refractivity contribution < 1.29 is 39.9 Å². The van der Waals surface area contributed by atoms with Crippen LogP contribution in [0.4, 0.5) is 0 Å². The third kappa shape index (κ3) is 9.47. The van der Waals surface area contributed by atoms with Crippen molar-refractivity contribution in [3.63, 3.8) is 0 Å². The summed E-state index contributed by atoms with van der Waals surface area (Å²) in [4.78, 5) is 0. The maximum atomic E-state index is 3.36. The molecule has 0 aromatic carbocycles. The molecule has 1 heterocycles. The van der Waals surface area contributed by atoms with Gasteiger partial charge in [0.2, 0.25) is 0 Å². The van der Waals surface area contributed by atoms with E-state index in [1.807, 2.05) is 0 Å². The number of nitrogens with one attached hydrogen (secondary N) is 4. The normalized spacial score (nSPS) is 22.2. The predicted molar refractivity (Wildman–Crippen MR) is 51.5 cm³/mol. The van der Waals surface area contributed by atoms with Gasteiger partial charge in [0.25, 0.3) is 0 Å². The van der Waals surface area contributed by atoms with Crippen LogP contribution in [0.5, 0.6) is 0 Å². The van der Waals surface area contributed by atoms with Gasteiger partial charge in [-0.1, -0.05) is 0 Å². The molecule has 4 N–H and O–H groups in total. The van der Waals surface area contributed by atoms with Crippen LogP contribution in [0, 0.1) is 39.9 Å². The van der Waals surface area contributed by atoms with Crippen LogP contribution in [0.3, 0.4) is 0 Å². The fourth-order valence-corrected chi connectivity index (χ4v) is 1.21. The van der Waals surface area contributed by atoms with E-state index in [1.165, 1.54) is 0 Å². The van der Waals surface area contributed by atoms with Crippen LogP contribution in [0.15, 0.2) is 0 Å². The Bertz CT molecular complexity index is 59.1. The second-order valence-corrected chi connectivity index (χ2v) is 3.00. The van der Waals surface area contributed by atoms with Crippen LogP contribution < -0.4 is 21.3 Å².